The van der Waals surface area contributed by atoms with Crippen LogP contribution < -0.4 is 5.43 Å². The quantitative estimate of drug-likeness (QED) is 0.664. The van der Waals surface area contributed by atoms with Crippen molar-refractivity contribution in [1.29, 1.82) is 0 Å². The zero-order valence-corrected chi connectivity index (χ0v) is 9.79. The molecule has 2 aromatic rings. The predicted octanol–water partition coefficient (Wildman–Crippen LogP) is 2.69. The van der Waals surface area contributed by atoms with Crippen LogP contribution in [-0.4, -0.2) is 12.1 Å². The van der Waals surface area contributed by atoms with E-state index in [4.69, 9.17) is 8.83 Å². The molecule has 5 heteroatoms. The number of carbonyl (C=O) groups is 1. The van der Waals surface area contributed by atoms with E-state index in [2.05, 4.69) is 10.5 Å². The fourth-order valence-electron chi connectivity index (χ4n) is 1.29. The number of nitrogens with one attached hydrogen (secondary N) is 1. The van der Waals surface area contributed by atoms with Crippen LogP contribution in [0.25, 0.3) is 6.08 Å². The molecular formula is C13H12N2O3. The van der Waals surface area contributed by atoms with Gasteiger partial charge in [0.05, 0.1) is 18.7 Å². The first-order valence-corrected chi connectivity index (χ1v) is 5.34. The third-order valence-electron chi connectivity index (χ3n) is 2.09. The summed E-state index contributed by atoms with van der Waals surface area (Å²) in [5.74, 6) is 0.568. The second-order valence-electron chi connectivity index (χ2n) is 3.58. The van der Waals surface area contributed by atoms with Gasteiger partial charge in [-0.2, -0.15) is 5.10 Å². The van der Waals surface area contributed by atoms with Crippen LogP contribution in [0.15, 0.2) is 56.3 Å². The summed E-state index contributed by atoms with van der Waals surface area (Å²) < 4.78 is 10.1. The van der Waals surface area contributed by atoms with Crippen molar-refractivity contribution in [2.75, 3.05) is 0 Å². The predicted molar refractivity (Wildman–Crippen MR) is 67.0 cm³/mol. The number of furan rings is 2. The molecule has 0 aromatic carbocycles. The highest BCUT2D eigenvalue weighted by Crippen LogP contribution is 2.05. The Morgan fingerprint density at radius 3 is 2.72 bits per heavy atom. The number of hydrazone groups is 1. The van der Waals surface area contributed by atoms with Crippen LogP contribution in [0.2, 0.25) is 0 Å². The first-order chi connectivity index (χ1) is 8.75. The maximum absolute atomic E-state index is 11.4. The minimum absolute atomic E-state index is 0.222. The smallest absolute Gasteiger partial charge is 0.307 e. The van der Waals surface area contributed by atoms with Gasteiger partial charge in [0, 0.05) is 0 Å². The average molecular weight is 244 g/mol. The molecule has 0 saturated heterocycles. The highest BCUT2D eigenvalue weighted by molar-refractivity contribution is 5.92. The van der Waals surface area contributed by atoms with E-state index in [0.29, 0.717) is 0 Å². The Kier molecular flexibility index (Phi) is 3.76. The number of allylic oxidation sites excluding steroid dienone is 1. The molecule has 92 valence electrons. The Hall–Kier alpha value is -2.56. The van der Waals surface area contributed by atoms with Crippen molar-refractivity contribution in [3.63, 3.8) is 0 Å². The molecule has 0 aliphatic heterocycles. The first-order valence-electron chi connectivity index (χ1n) is 5.34. The van der Waals surface area contributed by atoms with Crippen molar-refractivity contribution >= 4 is 18.2 Å². The summed E-state index contributed by atoms with van der Waals surface area (Å²) in [5, 5.41) is 3.81. The molecule has 2 heterocycles. The van der Waals surface area contributed by atoms with E-state index in [1.807, 2.05) is 19.1 Å². The lowest BCUT2D eigenvalue weighted by atomic mass is 10.3. The van der Waals surface area contributed by atoms with E-state index in [1.54, 1.807) is 24.5 Å². The van der Waals surface area contributed by atoms with Crippen molar-refractivity contribution < 1.29 is 13.6 Å². The average Bonchev–Trinajstić information content (AvgIpc) is 3.00. The van der Waals surface area contributed by atoms with Gasteiger partial charge in [-0.05, 0) is 42.8 Å². The molecule has 2 rings (SSSR count). The van der Waals surface area contributed by atoms with E-state index < -0.39 is 0 Å². The fraction of sp³-hybridized carbons (Fsp3) is 0.0769. The molecule has 0 radical (unpaired) electrons. The molecule has 18 heavy (non-hydrogen) atoms. The minimum atomic E-state index is -0.387. The number of rotatable bonds is 4. The van der Waals surface area contributed by atoms with Crippen LogP contribution in [0.3, 0.4) is 0 Å². The number of amides is 1. The van der Waals surface area contributed by atoms with Crippen LogP contribution >= 0.6 is 0 Å². The highest BCUT2D eigenvalue weighted by atomic mass is 16.3. The van der Waals surface area contributed by atoms with Crippen LogP contribution in [0, 0.1) is 0 Å². The molecule has 0 aliphatic carbocycles. The van der Waals surface area contributed by atoms with E-state index >= 15 is 0 Å². The van der Waals surface area contributed by atoms with E-state index in [1.165, 1.54) is 12.5 Å². The van der Waals surface area contributed by atoms with Gasteiger partial charge in [0.2, 0.25) is 0 Å². The summed E-state index contributed by atoms with van der Waals surface area (Å²) in [5.41, 5.74) is 3.21. The van der Waals surface area contributed by atoms with Gasteiger partial charge < -0.3 is 8.83 Å². The minimum Gasteiger partial charge on any atom is -0.465 e. The molecule has 0 unspecified atom stereocenters. The summed E-state index contributed by atoms with van der Waals surface area (Å²) in [6, 6.07) is 6.84. The van der Waals surface area contributed by atoms with Gasteiger partial charge in [-0.3, -0.25) is 4.79 Å². The van der Waals surface area contributed by atoms with Gasteiger partial charge in [-0.15, -0.1) is 0 Å². The summed E-state index contributed by atoms with van der Waals surface area (Å²) in [4.78, 5) is 11.4. The number of nitrogens with zero attached hydrogens (tertiary/aromatic N) is 1. The van der Waals surface area contributed by atoms with Gasteiger partial charge >= 0.3 is 5.91 Å². The van der Waals surface area contributed by atoms with Crippen LogP contribution in [-0.2, 0) is 0 Å². The molecule has 0 bridgehead atoms. The molecule has 0 atom stereocenters. The third kappa shape index (κ3) is 3.21. The van der Waals surface area contributed by atoms with Crippen molar-refractivity contribution in [2.45, 2.75) is 6.92 Å². The zero-order valence-electron chi connectivity index (χ0n) is 9.79. The first kappa shape index (κ1) is 11.9. The largest absolute Gasteiger partial charge is 0.465 e. The maximum Gasteiger partial charge on any atom is 0.307 e. The number of carbonyl (C=O) groups excluding carboxylic acids is 1. The summed E-state index contributed by atoms with van der Waals surface area (Å²) >= 11 is 0. The summed E-state index contributed by atoms with van der Waals surface area (Å²) in [6.45, 7) is 1.85. The van der Waals surface area contributed by atoms with E-state index in [9.17, 15) is 4.79 Å². The van der Waals surface area contributed by atoms with Crippen molar-refractivity contribution in [3.05, 3.63) is 53.9 Å². The van der Waals surface area contributed by atoms with Gasteiger partial charge in [0.25, 0.3) is 0 Å². The fourth-order valence-corrected chi connectivity index (χ4v) is 1.29. The number of hydrogen-bond donors (Lipinski definition) is 1. The van der Waals surface area contributed by atoms with Crippen molar-refractivity contribution in [3.8, 4) is 0 Å². The summed E-state index contributed by atoms with van der Waals surface area (Å²) in [6.07, 6.45) is 6.36. The molecule has 0 spiro atoms. The Morgan fingerprint density at radius 2 is 2.06 bits per heavy atom. The van der Waals surface area contributed by atoms with E-state index in [-0.39, 0.29) is 11.7 Å². The number of hydrogen-bond acceptors (Lipinski definition) is 4. The second-order valence-corrected chi connectivity index (χ2v) is 3.58. The lowest BCUT2D eigenvalue weighted by Gasteiger charge is -1.95. The Morgan fingerprint density at radius 1 is 1.28 bits per heavy atom. The van der Waals surface area contributed by atoms with Crippen molar-refractivity contribution in [2.24, 2.45) is 5.10 Å². The SMILES string of the molecule is CC(/C=N/NC(=O)c1ccco1)=C\c1ccco1. The molecule has 0 saturated carbocycles. The van der Waals surface area contributed by atoms with Gasteiger partial charge in [-0.1, -0.05) is 0 Å². The Labute approximate surface area is 104 Å². The lowest BCUT2D eigenvalue weighted by molar-refractivity contribution is 0.0927. The van der Waals surface area contributed by atoms with Crippen LogP contribution in [0.4, 0.5) is 0 Å². The molecular weight excluding hydrogens is 232 g/mol. The topological polar surface area (TPSA) is 67.7 Å². The Bertz CT molecular complexity index is 551. The molecule has 0 aliphatic rings. The summed E-state index contributed by atoms with van der Waals surface area (Å²) in [7, 11) is 0. The second kappa shape index (κ2) is 5.67. The molecule has 5 nitrogen and oxygen atoms in total. The maximum atomic E-state index is 11.4. The zero-order chi connectivity index (χ0) is 12.8. The molecule has 1 N–H and O–H groups in total. The normalized spacial score (nSPS) is 11.9. The van der Waals surface area contributed by atoms with Gasteiger partial charge in [-0.25, -0.2) is 5.43 Å². The van der Waals surface area contributed by atoms with Crippen LogP contribution in [0.1, 0.15) is 23.2 Å². The van der Waals surface area contributed by atoms with Crippen LogP contribution in [0.5, 0.6) is 0 Å². The van der Waals surface area contributed by atoms with Crippen molar-refractivity contribution in [1.82, 2.24) is 5.43 Å². The Balaban J connectivity index is 1.90. The lowest BCUT2D eigenvalue weighted by Crippen LogP contribution is -2.16. The standard InChI is InChI=1S/C13H12N2O3/c1-10(8-11-4-2-6-17-11)9-14-15-13(16)12-5-3-7-18-12/h2-9H,1H3,(H,15,16)/b10-8+,14-9+. The molecule has 0 fully saturated rings. The van der Waals surface area contributed by atoms with E-state index in [0.717, 1.165) is 11.3 Å². The highest BCUT2D eigenvalue weighted by Gasteiger charge is 2.05. The molecule has 2 aromatic heterocycles. The molecule has 1 amide bonds. The monoisotopic (exact) mass is 244 g/mol. The van der Waals surface area contributed by atoms with Gasteiger partial charge in [0.15, 0.2) is 5.76 Å². The van der Waals surface area contributed by atoms with Gasteiger partial charge in [0.1, 0.15) is 5.76 Å². The third-order valence-corrected chi connectivity index (χ3v) is 2.09.